The summed E-state index contributed by atoms with van der Waals surface area (Å²) in [5.74, 6) is 0.679. The fraction of sp³-hybridized carbons (Fsp3) is 0.333. The Kier molecular flexibility index (Phi) is 4.19. The number of nitrogens with two attached hydrogens (primary N) is 1. The summed E-state index contributed by atoms with van der Waals surface area (Å²) in [4.78, 5) is 20.9. The van der Waals surface area contributed by atoms with Gasteiger partial charge in [-0.15, -0.1) is 0 Å². The number of amides is 1. The molecule has 1 saturated heterocycles. The zero-order valence-electron chi connectivity index (χ0n) is 13.6. The lowest BCUT2D eigenvalue weighted by Gasteiger charge is -2.36. The summed E-state index contributed by atoms with van der Waals surface area (Å²) in [5.41, 5.74) is 9.75. The lowest BCUT2D eigenvalue weighted by atomic mass is 10.1. The average molecular weight is 310 g/mol. The third kappa shape index (κ3) is 3.28. The molecule has 3 rings (SSSR count). The van der Waals surface area contributed by atoms with Crippen LogP contribution in [-0.2, 0) is 0 Å². The van der Waals surface area contributed by atoms with Crippen LogP contribution in [0.15, 0.2) is 36.5 Å². The van der Waals surface area contributed by atoms with Gasteiger partial charge in [0, 0.05) is 31.7 Å². The van der Waals surface area contributed by atoms with Gasteiger partial charge in [-0.25, -0.2) is 4.98 Å². The van der Waals surface area contributed by atoms with Crippen molar-refractivity contribution < 1.29 is 4.79 Å². The molecule has 120 valence electrons. The number of carbonyl (C=O) groups excluding carboxylic acids is 1. The van der Waals surface area contributed by atoms with Crippen LogP contribution in [0.25, 0.3) is 0 Å². The van der Waals surface area contributed by atoms with Gasteiger partial charge < -0.3 is 15.5 Å². The molecule has 2 N–H and O–H groups in total. The topological polar surface area (TPSA) is 62.5 Å². The minimum Gasteiger partial charge on any atom is -0.383 e. The number of carbonyl (C=O) groups is 1. The maximum Gasteiger partial charge on any atom is 0.253 e. The molecule has 0 aliphatic carbocycles. The first-order chi connectivity index (χ1) is 11.0. The van der Waals surface area contributed by atoms with Crippen molar-refractivity contribution in [3.63, 3.8) is 0 Å². The van der Waals surface area contributed by atoms with Crippen molar-refractivity contribution in [1.82, 2.24) is 9.88 Å². The maximum absolute atomic E-state index is 12.5. The van der Waals surface area contributed by atoms with Crippen LogP contribution in [0.4, 0.5) is 11.5 Å². The number of piperazine rings is 1. The molecule has 23 heavy (non-hydrogen) atoms. The number of hydrogen-bond donors (Lipinski definition) is 1. The fourth-order valence-corrected chi connectivity index (χ4v) is 2.79. The number of nitrogens with zero attached hydrogens (tertiary/aromatic N) is 3. The molecule has 1 aromatic carbocycles. The molecule has 2 aromatic rings. The van der Waals surface area contributed by atoms with E-state index in [4.69, 9.17) is 5.73 Å². The first-order valence-corrected chi connectivity index (χ1v) is 7.87. The largest absolute Gasteiger partial charge is 0.383 e. The molecular weight excluding hydrogens is 288 g/mol. The van der Waals surface area contributed by atoms with Gasteiger partial charge in [-0.3, -0.25) is 4.79 Å². The second kappa shape index (κ2) is 6.28. The average Bonchev–Trinajstić information content (AvgIpc) is 2.57. The molecular formula is C18H22N4O. The molecule has 1 aliphatic rings. The number of pyridine rings is 1. The van der Waals surface area contributed by atoms with Gasteiger partial charge >= 0.3 is 0 Å². The molecule has 0 spiro atoms. The van der Waals surface area contributed by atoms with E-state index >= 15 is 0 Å². The van der Waals surface area contributed by atoms with E-state index in [0.29, 0.717) is 5.82 Å². The zero-order chi connectivity index (χ0) is 16.4. The summed E-state index contributed by atoms with van der Waals surface area (Å²) in [6, 6.07) is 9.81. The van der Waals surface area contributed by atoms with Crippen LogP contribution in [0.1, 0.15) is 21.5 Å². The highest BCUT2D eigenvalue weighted by Gasteiger charge is 2.22. The summed E-state index contributed by atoms with van der Waals surface area (Å²) in [6.07, 6.45) is 1.81. The number of nitrogen functional groups attached to an aromatic ring is 1. The summed E-state index contributed by atoms with van der Waals surface area (Å²) < 4.78 is 0. The van der Waals surface area contributed by atoms with Crippen LogP contribution in [0.2, 0.25) is 0 Å². The van der Waals surface area contributed by atoms with Crippen LogP contribution in [-0.4, -0.2) is 42.0 Å². The Morgan fingerprint density at radius 1 is 1.09 bits per heavy atom. The van der Waals surface area contributed by atoms with E-state index in [-0.39, 0.29) is 5.91 Å². The quantitative estimate of drug-likeness (QED) is 0.924. The van der Waals surface area contributed by atoms with Gasteiger partial charge in [0.1, 0.15) is 5.82 Å². The second-order valence-electron chi connectivity index (χ2n) is 6.04. The highest BCUT2D eigenvalue weighted by molar-refractivity contribution is 5.94. The molecule has 0 saturated carbocycles. The molecule has 1 amide bonds. The Morgan fingerprint density at radius 3 is 2.35 bits per heavy atom. The van der Waals surface area contributed by atoms with Crippen molar-refractivity contribution in [2.24, 2.45) is 0 Å². The van der Waals surface area contributed by atoms with Crippen LogP contribution < -0.4 is 10.6 Å². The second-order valence-corrected chi connectivity index (χ2v) is 6.04. The third-order valence-electron chi connectivity index (χ3n) is 4.33. The Morgan fingerprint density at radius 2 is 1.74 bits per heavy atom. The molecule has 0 bridgehead atoms. The summed E-state index contributed by atoms with van der Waals surface area (Å²) >= 11 is 0. The Balaban J connectivity index is 1.64. The van der Waals surface area contributed by atoms with Crippen molar-refractivity contribution >= 4 is 17.4 Å². The number of rotatable bonds is 2. The van der Waals surface area contributed by atoms with Crippen LogP contribution in [0, 0.1) is 13.8 Å². The van der Waals surface area contributed by atoms with E-state index in [9.17, 15) is 4.79 Å². The van der Waals surface area contributed by atoms with Gasteiger partial charge in [0.05, 0.1) is 11.9 Å². The predicted molar refractivity (Wildman–Crippen MR) is 92.7 cm³/mol. The standard InChI is InChI=1S/C18H22N4O/c1-13-3-5-15(6-4-13)18(23)22-9-7-21(8-10-22)16-11-14(2)17(19)20-12-16/h3-6,11-12H,7-10H2,1-2H3,(H2,19,20). The van der Waals surface area contributed by atoms with E-state index in [1.54, 1.807) is 6.20 Å². The van der Waals surface area contributed by atoms with Gasteiger partial charge in [0.25, 0.3) is 5.91 Å². The molecule has 0 atom stereocenters. The Bertz CT molecular complexity index is 703. The molecule has 5 nitrogen and oxygen atoms in total. The zero-order valence-corrected chi connectivity index (χ0v) is 13.6. The number of aromatic nitrogens is 1. The summed E-state index contributed by atoms with van der Waals surface area (Å²) in [7, 11) is 0. The van der Waals surface area contributed by atoms with Gasteiger partial charge in [-0.2, -0.15) is 0 Å². The molecule has 1 aliphatic heterocycles. The van der Waals surface area contributed by atoms with Crippen molar-refractivity contribution in [3.05, 3.63) is 53.2 Å². The summed E-state index contributed by atoms with van der Waals surface area (Å²) in [5, 5.41) is 0. The maximum atomic E-state index is 12.5. The smallest absolute Gasteiger partial charge is 0.253 e. The molecule has 2 heterocycles. The number of hydrogen-bond acceptors (Lipinski definition) is 4. The van der Waals surface area contributed by atoms with Gasteiger partial charge in [0.15, 0.2) is 0 Å². The SMILES string of the molecule is Cc1ccc(C(=O)N2CCN(c3cnc(N)c(C)c3)CC2)cc1. The van der Waals surface area contributed by atoms with Gasteiger partial charge in [-0.05, 0) is 37.6 Å². The lowest BCUT2D eigenvalue weighted by molar-refractivity contribution is 0.0747. The van der Waals surface area contributed by atoms with Crippen LogP contribution >= 0.6 is 0 Å². The first-order valence-electron chi connectivity index (χ1n) is 7.87. The van der Waals surface area contributed by atoms with Crippen LogP contribution in [0.3, 0.4) is 0 Å². The predicted octanol–water partition coefficient (Wildman–Crippen LogP) is 2.24. The number of anilines is 2. The first kappa shape index (κ1) is 15.3. The van der Waals surface area contributed by atoms with Crippen molar-refractivity contribution in [2.45, 2.75) is 13.8 Å². The van der Waals surface area contributed by atoms with E-state index in [1.807, 2.05) is 43.0 Å². The Hall–Kier alpha value is -2.56. The third-order valence-corrected chi connectivity index (χ3v) is 4.33. The van der Waals surface area contributed by atoms with Gasteiger partial charge in [0.2, 0.25) is 0 Å². The summed E-state index contributed by atoms with van der Waals surface area (Å²) in [6.45, 7) is 7.04. The van der Waals surface area contributed by atoms with Crippen LogP contribution in [0.5, 0.6) is 0 Å². The van der Waals surface area contributed by atoms with Gasteiger partial charge in [-0.1, -0.05) is 17.7 Å². The number of benzene rings is 1. The van der Waals surface area contributed by atoms with Crippen molar-refractivity contribution in [2.75, 3.05) is 36.8 Å². The molecule has 1 fully saturated rings. The number of aryl methyl sites for hydroxylation is 2. The fourth-order valence-electron chi connectivity index (χ4n) is 2.79. The van der Waals surface area contributed by atoms with E-state index in [2.05, 4.69) is 16.0 Å². The van der Waals surface area contributed by atoms with Crippen molar-refractivity contribution in [1.29, 1.82) is 0 Å². The lowest BCUT2D eigenvalue weighted by Crippen LogP contribution is -2.48. The van der Waals surface area contributed by atoms with Crippen molar-refractivity contribution in [3.8, 4) is 0 Å². The monoisotopic (exact) mass is 310 g/mol. The highest BCUT2D eigenvalue weighted by atomic mass is 16.2. The van der Waals surface area contributed by atoms with E-state index in [1.165, 1.54) is 0 Å². The minimum atomic E-state index is 0.108. The van der Waals surface area contributed by atoms with E-state index in [0.717, 1.165) is 48.6 Å². The normalized spacial score (nSPS) is 14.9. The highest BCUT2D eigenvalue weighted by Crippen LogP contribution is 2.20. The van der Waals surface area contributed by atoms with E-state index < -0.39 is 0 Å². The molecule has 5 heteroatoms. The Labute approximate surface area is 136 Å². The minimum absolute atomic E-state index is 0.108. The molecule has 0 unspecified atom stereocenters. The molecule has 0 radical (unpaired) electrons. The molecule has 1 aromatic heterocycles.